The van der Waals surface area contributed by atoms with Crippen LogP contribution in [-0.2, 0) is 32.1 Å². The summed E-state index contributed by atoms with van der Waals surface area (Å²) in [6, 6.07) is 0. The molecule has 0 fully saturated rings. The summed E-state index contributed by atoms with van der Waals surface area (Å²) in [5.41, 5.74) is 0. The zero-order valence-corrected chi connectivity index (χ0v) is 15.9. The second-order valence-corrected chi connectivity index (χ2v) is 6.16. The van der Waals surface area contributed by atoms with E-state index in [2.05, 4.69) is 11.8 Å². The Morgan fingerprint density at radius 1 is 0.682 bits per heavy atom. The SMILES string of the molecule is CCCCCCCCCCCCCCCCCC(=O)OO.[Ag]. The van der Waals surface area contributed by atoms with E-state index in [0.29, 0.717) is 6.42 Å². The van der Waals surface area contributed by atoms with Crippen molar-refractivity contribution < 1.29 is 37.3 Å². The van der Waals surface area contributed by atoms with Crippen molar-refractivity contribution in [3.63, 3.8) is 0 Å². The normalized spacial score (nSPS) is 10.3. The maximum atomic E-state index is 10.7. The van der Waals surface area contributed by atoms with Gasteiger partial charge in [-0.05, 0) is 6.42 Å². The molecule has 0 bridgehead atoms. The second kappa shape index (κ2) is 21.2. The van der Waals surface area contributed by atoms with E-state index in [1.54, 1.807) is 0 Å². The molecule has 0 unspecified atom stereocenters. The summed E-state index contributed by atoms with van der Waals surface area (Å²) in [5.74, 6) is -0.510. The van der Waals surface area contributed by atoms with Crippen molar-refractivity contribution in [2.45, 2.75) is 110 Å². The number of carbonyl (C=O) groups excluding carboxylic acids is 1. The fourth-order valence-corrected chi connectivity index (χ4v) is 2.69. The Bertz CT molecular complexity index is 222. The molecule has 0 saturated heterocycles. The molecule has 0 aliphatic carbocycles. The Balaban J connectivity index is 0. The van der Waals surface area contributed by atoms with Crippen LogP contribution in [0.3, 0.4) is 0 Å². The van der Waals surface area contributed by atoms with Gasteiger partial charge in [-0.1, -0.05) is 96.8 Å². The molecule has 0 heterocycles. The minimum absolute atomic E-state index is 0. The first-order valence-corrected chi connectivity index (χ1v) is 9.15. The molecule has 0 aliphatic rings. The fourth-order valence-electron chi connectivity index (χ4n) is 2.69. The van der Waals surface area contributed by atoms with E-state index < -0.39 is 5.97 Å². The van der Waals surface area contributed by atoms with Gasteiger partial charge < -0.3 is 4.89 Å². The quantitative estimate of drug-likeness (QED) is 0.142. The van der Waals surface area contributed by atoms with Gasteiger partial charge in [0.15, 0.2) is 0 Å². The summed E-state index contributed by atoms with van der Waals surface area (Å²) in [7, 11) is 0. The third-order valence-electron chi connectivity index (χ3n) is 4.09. The van der Waals surface area contributed by atoms with Crippen molar-refractivity contribution >= 4 is 5.97 Å². The van der Waals surface area contributed by atoms with E-state index >= 15 is 0 Å². The van der Waals surface area contributed by atoms with Crippen molar-refractivity contribution in [2.24, 2.45) is 0 Å². The second-order valence-electron chi connectivity index (χ2n) is 6.16. The zero-order chi connectivity index (χ0) is 15.6. The van der Waals surface area contributed by atoms with Crippen molar-refractivity contribution in [3.8, 4) is 0 Å². The Labute approximate surface area is 153 Å². The van der Waals surface area contributed by atoms with Crippen LogP contribution in [0.5, 0.6) is 0 Å². The van der Waals surface area contributed by atoms with Crippen LogP contribution in [-0.4, -0.2) is 11.2 Å². The van der Waals surface area contributed by atoms with Crippen molar-refractivity contribution in [3.05, 3.63) is 0 Å². The molecule has 0 aromatic heterocycles. The maximum Gasteiger partial charge on any atom is 0.342 e. The van der Waals surface area contributed by atoms with Gasteiger partial charge in [0.1, 0.15) is 0 Å². The topological polar surface area (TPSA) is 46.5 Å². The fraction of sp³-hybridized carbons (Fsp3) is 0.944. The largest absolute Gasteiger partial charge is 0.342 e. The Kier molecular flexibility index (Phi) is 23.5. The van der Waals surface area contributed by atoms with Gasteiger partial charge in [-0.3, -0.25) is 0 Å². The number of hydrogen-bond acceptors (Lipinski definition) is 3. The summed E-state index contributed by atoms with van der Waals surface area (Å²) in [6.07, 6.45) is 20.0. The van der Waals surface area contributed by atoms with E-state index in [9.17, 15) is 4.79 Å². The average Bonchev–Trinajstić information content (AvgIpc) is 2.50. The first-order valence-electron chi connectivity index (χ1n) is 9.15. The molecule has 3 nitrogen and oxygen atoms in total. The van der Waals surface area contributed by atoms with Crippen LogP contribution in [0.2, 0.25) is 0 Å². The summed E-state index contributed by atoms with van der Waals surface area (Å²) in [6.45, 7) is 2.27. The van der Waals surface area contributed by atoms with Crippen molar-refractivity contribution in [2.75, 3.05) is 0 Å². The first-order chi connectivity index (χ1) is 10.3. The third-order valence-corrected chi connectivity index (χ3v) is 4.09. The molecule has 1 radical (unpaired) electrons. The summed E-state index contributed by atoms with van der Waals surface area (Å²) in [5, 5.41) is 8.10. The molecule has 0 atom stereocenters. The number of carbonyl (C=O) groups is 1. The molecule has 22 heavy (non-hydrogen) atoms. The number of rotatable bonds is 16. The Hall–Kier alpha value is 0.170. The Morgan fingerprint density at radius 3 is 1.32 bits per heavy atom. The third kappa shape index (κ3) is 20.2. The summed E-state index contributed by atoms with van der Waals surface area (Å²) >= 11 is 0. The molecule has 0 spiro atoms. The number of hydrogen-bond donors (Lipinski definition) is 1. The standard InChI is InChI=1S/C18H36O3.Ag/c1-2-3-4-5-6-7-8-9-10-11-12-13-14-15-16-17-18(19)21-20;/h20H,2-17H2,1H3;. The molecular formula is C18H36AgO3. The summed E-state index contributed by atoms with van der Waals surface area (Å²) < 4.78 is 0. The van der Waals surface area contributed by atoms with Crippen LogP contribution in [0, 0.1) is 0 Å². The van der Waals surface area contributed by atoms with Gasteiger partial charge in [0.2, 0.25) is 0 Å². The molecule has 0 saturated carbocycles. The molecule has 1 N–H and O–H groups in total. The van der Waals surface area contributed by atoms with E-state index in [0.717, 1.165) is 12.8 Å². The first kappa shape index (κ1) is 24.4. The van der Waals surface area contributed by atoms with Gasteiger partial charge in [-0.25, -0.2) is 4.79 Å². The van der Waals surface area contributed by atoms with Gasteiger partial charge in [0.05, 0.1) is 0 Å². The maximum absolute atomic E-state index is 10.7. The van der Waals surface area contributed by atoms with E-state index in [1.807, 2.05) is 0 Å². The monoisotopic (exact) mass is 407 g/mol. The van der Waals surface area contributed by atoms with Gasteiger partial charge in [0, 0.05) is 28.8 Å². The average molecular weight is 408 g/mol. The zero-order valence-electron chi connectivity index (χ0n) is 14.4. The van der Waals surface area contributed by atoms with E-state index in [1.165, 1.54) is 83.5 Å². The minimum atomic E-state index is -0.510. The van der Waals surface area contributed by atoms with Crippen molar-refractivity contribution in [1.29, 1.82) is 0 Å². The van der Waals surface area contributed by atoms with Gasteiger partial charge in [-0.15, -0.1) is 0 Å². The van der Waals surface area contributed by atoms with Gasteiger partial charge in [-0.2, -0.15) is 5.26 Å². The van der Waals surface area contributed by atoms with Crippen LogP contribution >= 0.6 is 0 Å². The summed E-state index contributed by atoms with van der Waals surface area (Å²) in [4.78, 5) is 14.3. The molecule has 0 aliphatic heterocycles. The predicted octanol–water partition coefficient (Wildman–Crippen LogP) is 6.26. The molecule has 0 amide bonds. The van der Waals surface area contributed by atoms with E-state index in [4.69, 9.17) is 5.26 Å². The van der Waals surface area contributed by atoms with Crippen LogP contribution in [0.15, 0.2) is 0 Å². The number of unbranched alkanes of at least 4 members (excludes halogenated alkanes) is 14. The van der Waals surface area contributed by atoms with Crippen LogP contribution < -0.4 is 0 Å². The molecular weight excluding hydrogens is 372 g/mol. The van der Waals surface area contributed by atoms with Crippen molar-refractivity contribution in [1.82, 2.24) is 0 Å². The molecule has 4 heteroatoms. The minimum Gasteiger partial charge on any atom is -0.301 e. The van der Waals surface area contributed by atoms with Crippen LogP contribution in [0.4, 0.5) is 0 Å². The molecule has 0 aromatic carbocycles. The smallest absolute Gasteiger partial charge is 0.301 e. The van der Waals surface area contributed by atoms with E-state index in [-0.39, 0.29) is 22.4 Å². The van der Waals surface area contributed by atoms with Gasteiger partial charge in [0.25, 0.3) is 0 Å². The van der Waals surface area contributed by atoms with Crippen LogP contribution in [0.25, 0.3) is 0 Å². The van der Waals surface area contributed by atoms with Crippen LogP contribution in [0.1, 0.15) is 110 Å². The molecule has 0 rings (SSSR count). The predicted molar refractivity (Wildman–Crippen MR) is 88.3 cm³/mol. The molecule has 137 valence electrons. The van der Waals surface area contributed by atoms with Gasteiger partial charge >= 0.3 is 5.97 Å². The Morgan fingerprint density at radius 2 is 1.00 bits per heavy atom. The molecule has 0 aromatic rings.